The maximum Gasteiger partial charge on any atom is 0.246 e. The van der Waals surface area contributed by atoms with Crippen LogP contribution in [0, 0.1) is 13.8 Å². The van der Waals surface area contributed by atoms with Gasteiger partial charge in [0.2, 0.25) is 5.91 Å². The van der Waals surface area contributed by atoms with E-state index in [1.54, 1.807) is 0 Å². The first-order chi connectivity index (χ1) is 10.6. The first-order valence-corrected chi connectivity index (χ1v) is 7.66. The Kier molecular flexibility index (Phi) is 3.84. The van der Waals surface area contributed by atoms with Gasteiger partial charge < -0.3 is 4.90 Å². The highest BCUT2D eigenvalue weighted by Gasteiger charge is 2.28. The first-order valence-electron chi connectivity index (χ1n) is 7.66. The van der Waals surface area contributed by atoms with Crippen molar-refractivity contribution in [3.63, 3.8) is 0 Å². The van der Waals surface area contributed by atoms with Crippen molar-refractivity contribution in [2.24, 2.45) is 0 Å². The van der Waals surface area contributed by atoms with E-state index in [1.807, 2.05) is 4.90 Å². The Hall–Kier alpha value is -2.35. The summed E-state index contributed by atoms with van der Waals surface area (Å²) in [6, 6.07) is 15.1. The minimum atomic E-state index is 0.00309. The number of carbonyl (C=O) groups is 1. The van der Waals surface area contributed by atoms with Gasteiger partial charge in [0.05, 0.1) is 0 Å². The van der Waals surface area contributed by atoms with E-state index >= 15 is 0 Å². The Morgan fingerprint density at radius 2 is 1.82 bits per heavy atom. The Morgan fingerprint density at radius 3 is 2.50 bits per heavy atom. The van der Waals surface area contributed by atoms with Gasteiger partial charge in [0.15, 0.2) is 0 Å². The summed E-state index contributed by atoms with van der Waals surface area (Å²) in [5, 5.41) is 0. The lowest BCUT2D eigenvalue weighted by molar-refractivity contribution is -0.127. The Labute approximate surface area is 132 Å². The molecule has 0 radical (unpaired) electrons. The molecule has 22 heavy (non-hydrogen) atoms. The van der Waals surface area contributed by atoms with Crippen molar-refractivity contribution in [2.45, 2.75) is 26.3 Å². The van der Waals surface area contributed by atoms with Gasteiger partial charge in [-0.3, -0.25) is 4.79 Å². The molecule has 0 spiro atoms. The van der Waals surface area contributed by atoms with Crippen molar-refractivity contribution in [1.29, 1.82) is 0 Å². The molecule has 0 fully saturated rings. The number of amides is 1. The fraction of sp³-hybridized carbons (Fsp3) is 0.250. The summed E-state index contributed by atoms with van der Waals surface area (Å²) in [5.41, 5.74) is 6.36. The van der Waals surface area contributed by atoms with Crippen molar-refractivity contribution < 1.29 is 4.79 Å². The first kappa shape index (κ1) is 14.6. The van der Waals surface area contributed by atoms with Crippen LogP contribution in [0.3, 0.4) is 0 Å². The van der Waals surface area contributed by atoms with Crippen molar-refractivity contribution >= 4 is 5.91 Å². The van der Waals surface area contributed by atoms with Gasteiger partial charge in [0.1, 0.15) is 0 Å². The average Bonchev–Trinajstić information content (AvgIpc) is 2.54. The monoisotopic (exact) mass is 291 g/mol. The van der Waals surface area contributed by atoms with Crippen LogP contribution in [0.25, 0.3) is 0 Å². The molecule has 1 atom stereocenters. The number of rotatable bonds is 2. The summed E-state index contributed by atoms with van der Waals surface area (Å²) >= 11 is 0. The van der Waals surface area contributed by atoms with Crippen molar-refractivity contribution in [1.82, 2.24) is 4.90 Å². The molecule has 1 unspecified atom stereocenters. The molecule has 112 valence electrons. The molecule has 1 heterocycles. The third-order valence-corrected chi connectivity index (χ3v) is 4.41. The fourth-order valence-corrected chi connectivity index (χ4v) is 3.15. The summed E-state index contributed by atoms with van der Waals surface area (Å²) in [5.74, 6) is 0.233. The van der Waals surface area contributed by atoms with Crippen molar-refractivity contribution in [3.8, 4) is 0 Å². The van der Waals surface area contributed by atoms with Gasteiger partial charge in [-0.05, 0) is 36.6 Å². The van der Waals surface area contributed by atoms with Crippen LogP contribution >= 0.6 is 0 Å². The molecule has 0 aliphatic carbocycles. The number of fused-ring (bicyclic) bond motifs is 1. The SMILES string of the molecule is C=CC(=O)N1Cc2ccc(C)cc2C(c2ccc(C)cc2)C1. The molecule has 2 heteroatoms. The van der Waals surface area contributed by atoms with E-state index in [2.05, 4.69) is 62.9 Å². The zero-order chi connectivity index (χ0) is 15.7. The summed E-state index contributed by atoms with van der Waals surface area (Å²) in [4.78, 5) is 14.0. The molecule has 0 aromatic heterocycles. The molecule has 1 aliphatic rings. The third-order valence-electron chi connectivity index (χ3n) is 4.41. The minimum absolute atomic E-state index is 0.00309. The van der Waals surface area contributed by atoms with Gasteiger partial charge >= 0.3 is 0 Å². The van der Waals surface area contributed by atoms with Crippen LogP contribution in [-0.2, 0) is 11.3 Å². The maximum absolute atomic E-state index is 12.1. The maximum atomic E-state index is 12.1. The third kappa shape index (κ3) is 2.69. The molecule has 1 amide bonds. The van der Waals surface area contributed by atoms with Gasteiger partial charge in [-0.15, -0.1) is 0 Å². The summed E-state index contributed by atoms with van der Waals surface area (Å²) in [7, 11) is 0. The molecule has 1 aliphatic heterocycles. The molecule has 0 bridgehead atoms. The van der Waals surface area contributed by atoms with Gasteiger partial charge in [-0.1, -0.05) is 60.2 Å². The zero-order valence-corrected chi connectivity index (χ0v) is 13.2. The van der Waals surface area contributed by atoms with Crippen LogP contribution in [0.15, 0.2) is 55.1 Å². The summed E-state index contributed by atoms with van der Waals surface area (Å²) in [6.07, 6.45) is 1.41. The topological polar surface area (TPSA) is 20.3 Å². The summed E-state index contributed by atoms with van der Waals surface area (Å²) in [6.45, 7) is 9.22. The van der Waals surface area contributed by atoms with Gasteiger partial charge in [-0.2, -0.15) is 0 Å². The Balaban J connectivity index is 2.06. The van der Waals surface area contributed by atoms with E-state index < -0.39 is 0 Å². The van der Waals surface area contributed by atoms with Gasteiger partial charge in [-0.25, -0.2) is 0 Å². The second kappa shape index (κ2) is 5.80. The molecule has 2 nitrogen and oxygen atoms in total. The van der Waals surface area contributed by atoms with Gasteiger partial charge in [0.25, 0.3) is 0 Å². The highest BCUT2D eigenvalue weighted by atomic mass is 16.2. The highest BCUT2D eigenvalue weighted by molar-refractivity contribution is 5.87. The minimum Gasteiger partial charge on any atom is -0.334 e. The molecule has 2 aromatic carbocycles. The number of carbonyl (C=O) groups excluding carboxylic acids is 1. The van der Waals surface area contributed by atoms with Crippen LogP contribution < -0.4 is 0 Å². The Bertz CT molecular complexity index is 715. The smallest absolute Gasteiger partial charge is 0.246 e. The highest BCUT2D eigenvalue weighted by Crippen LogP contribution is 2.34. The van der Waals surface area contributed by atoms with E-state index in [4.69, 9.17) is 0 Å². The number of hydrogen-bond donors (Lipinski definition) is 0. The predicted molar refractivity (Wildman–Crippen MR) is 89.8 cm³/mol. The normalized spacial score (nSPS) is 17.0. The Morgan fingerprint density at radius 1 is 1.14 bits per heavy atom. The van der Waals surface area contributed by atoms with E-state index in [0.717, 1.165) is 0 Å². The standard InChI is InChI=1S/C20H21NO/c1-4-20(22)21-12-17-10-7-15(3)11-18(17)19(13-21)16-8-5-14(2)6-9-16/h4-11,19H,1,12-13H2,2-3H3. The molecular formula is C20H21NO. The quantitative estimate of drug-likeness (QED) is 0.767. The number of aryl methyl sites for hydroxylation is 2. The van der Waals surface area contributed by atoms with Crippen LogP contribution in [0.2, 0.25) is 0 Å². The lowest BCUT2D eigenvalue weighted by atomic mass is 9.83. The second-order valence-corrected chi connectivity index (χ2v) is 6.09. The average molecular weight is 291 g/mol. The molecule has 0 N–H and O–H groups in total. The molecule has 2 aromatic rings. The van der Waals surface area contributed by atoms with E-state index in [-0.39, 0.29) is 11.8 Å². The zero-order valence-electron chi connectivity index (χ0n) is 13.2. The number of hydrogen-bond acceptors (Lipinski definition) is 1. The lowest BCUT2D eigenvalue weighted by Gasteiger charge is -2.35. The number of nitrogens with zero attached hydrogens (tertiary/aromatic N) is 1. The largest absolute Gasteiger partial charge is 0.334 e. The van der Waals surface area contributed by atoms with Crippen molar-refractivity contribution in [3.05, 3.63) is 82.9 Å². The van der Waals surface area contributed by atoms with E-state index in [0.29, 0.717) is 13.1 Å². The van der Waals surface area contributed by atoms with Crippen LogP contribution in [0.5, 0.6) is 0 Å². The van der Waals surface area contributed by atoms with Crippen LogP contribution in [0.1, 0.15) is 33.7 Å². The number of benzene rings is 2. The van der Waals surface area contributed by atoms with E-state index in [9.17, 15) is 4.79 Å². The van der Waals surface area contributed by atoms with E-state index in [1.165, 1.54) is 33.9 Å². The summed E-state index contributed by atoms with van der Waals surface area (Å²) < 4.78 is 0. The van der Waals surface area contributed by atoms with Crippen LogP contribution in [0.4, 0.5) is 0 Å². The van der Waals surface area contributed by atoms with Gasteiger partial charge in [0, 0.05) is 19.0 Å². The molecule has 3 rings (SSSR count). The predicted octanol–water partition coefficient (Wildman–Crippen LogP) is 3.96. The second-order valence-electron chi connectivity index (χ2n) is 6.09. The van der Waals surface area contributed by atoms with Crippen molar-refractivity contribution in [2.75, 3.05) is 6.54 Å². The van der Waals surface area contributed by atoms with Crippen LogP contribution in [-0.4, -0.2) is 17.4 Å². The lowest BCUT2D eigenvalue weighted by Crippen LogP contribution is -2.37. The molecule has 0 saturated heterocycles. The molecular weight excluding hydrogens is 270 g/mol. The molecule has 0 saturated carbocycles. The fourth-order valence-electron chi connectivity index (χ4n) is 3.15.